The number of nitrogens with zero attached hydrogens (tertiary/aromatic N) is 2. The summed E-state index contributed by atoms with van der Waals surface area (Å²) in [5.41, 5.74) is 0.615. The number of imide groups is 1. The predicted molar refractivity (Wildman–Crippen MR) is 94.8 cm³/mol. The van der Waals surface area contributed by atoms with E-state index in [1.807, 2.05) is 18.2 Å². The molecule has 1 fully saturated rings. The number of oxazole rings is 1. The zero-order valence-electron chi connectivity index (χ0n) is 14.5. The van der Waals surface area contributed by atoms with Crippen LogP contribution in [-0.4, -0.2) is 21.8 Å². The van der Waals surface area contributed by atoms with Gasteiger partial charge in [0, 0.05) is 5.56 Å². The molecule has 6 nitrogen and oxygen atoms in total. The van der Waals surface area contributed by atoms with Crippen molar-refractivity contribution < 1.29 is 18.4 Å². The molecule has 0 saturated carbocycles. The summed E-state index contributed by atoms with van der Waals surface area (Å²) in [7, 11) is 0. The molecular formula is C20H16FN3O3. The summed E-state index contributed by atoms with van der Waals surface area (Å²) in [4.78, 5) is 30.7. The van der Waals surface area contributed by atoms with Crippen LogP contribution in [0.1, 0.15) is 18.2 Å². The fourth-order valence-corrected chi connectivity index (χ4v) is 3.07. The monoisotopic (exact) mass is 365 g/mol. The molecule has 1 saturated heterocycles. The number of aromatic nitrogens is 1. The SMILES string of the molecule is CC1(c2ccccc2)NC(=O)N(Cc2coc(-c3ccc(F)cc3)n2)C1=O. The third-order valence-corrected chi connectivity index (χ3v) is 4.59. The minimum absolute atomic E-state index is 0.0161. The Labute approximate surface area is 154 Å². The van der Waals surface area contributed by atoms with Gasteiger partial charge >= 0.3 is 6.03 Å². The van der Waals surface area contributed by atoms with Gasteiger partial charge in [-0.15, -0.1) is 0 Å². The first-order valence-electron chi connectivity index (χ1n) is 8.37. The Balaban J connectivity index is 1.56. The number of benzene rings is 2. The molecule has 0 bridgehead atoms. The zero-order chi connectivity index (χ0) is 19.0. The Morgan fingerprint density at radius 3 is 2.52 bits per heavy atom. The summed E-state index contributed by atoms with van der Waals surface area (Å²) in [6, 6.07) is 14.3. The maximum atomic E-state index is 13.0. The molecule has 1 aromatic heterocycles. The molecule has 7 heteroatoms. The van der Waals surface area contributed by atoms with E-state index in [4.69, 9.17) is 4.42 Å². The van der Waals surface area contributed by atoms with Crippen molar-refractivity contribution in [3.63, 3.8) is 0 Å². The molecule has 1 unspecified atom stereocenters. The first-order chi connectivity index (χ1) is 13.0. The third-order valence-electron chi connectivity index (χ3n) is 4.59. The van der Waals surface area contributed by atoms with Crippen molar-refractivity contribution in [3.05, 3.63) is 77.9 Å². The number of halogens is 1. The number of carbonyl (C=O) groups excluding carboxylic acids is 2. The zero-order valence-corrected chi connectivity index (χ0v) is 14.5. The molecule has 3 amide bonds. The summed E-state index contributed by atoms with van der Waals surface area (Å²) >= 11 is 0. The molecule has 27 heavy (non-hydrogen) atoms. The molecule has 0 radical (unpaired) electrons. The quantitative estimate of drug-likeness (QED) is 0.719. The van der Waals surface area contributed by atoms with Crippen LogP contribution in [0.2, 0.25) is 0 Å². The van der Waals surface area contributed by atoms with Gasteiger partial charge in [-0.2, -0.15) is 0 Å². The molecule has 1 aliphatic rings. The number of carbonyl (C=O) groups is 2. The highest BCUT2D eigenvalue weighted by Gasteiger charge is 2.49. The first kappa shape index (κ1) is 17.0. The minimum atomic E-state index is -1.12. The van der Waals surface area contributed by atoms with E-state index in [1.165, 1.54) is 18.4 Å². The van der Waals surface area contributed by atoms with Gasteiger partial charge in [0.25, 0.3) is 5.91 Å². The second-order valence-electron chi connectivity index (χ2n) is 6.46. The highest BCUT2D eigenvalue weighted by atomic mass is 19.1. The van der Waals surface area contributed by atoms with E-state index in [0.717, 1.165) is 4.90 Å². The molecule has 2 heterocycles. The van der Waals surface area contributed by atoms with Crippen LogP contribution in [-0.2, 0) is 16.9 Å². The van der Waals surface area contributed by atoms with Crippen LogP contribution < -0.4 is 5.32 Å². The van der Waals surface area contributed by atoms with Crippen molar-refractivity contribution in [1.29, 1.82) is 0 Å². The third kappa shape index (κ3) is 2.97. The average Bonchev–Trinajstić information content (AvgIpc) is 3.23. The number of urea groups is 1. The van der Waals surface area contributed by atoms with E-state index in [9.17, 15) is 14.0 Å². The number of amides is 3. The van der Waals surface area contributed by atoms with Gasteiger partial charge in [0.05, 0.1) is 12.2 Å². The molecule has 1 atom stereocenters. The smallest absolute Gasteiger partial charge is 0.325 e. The molecule has 1 aliphatic heterocycles. The van der Waals surface area contributed by atoms with E-state index in [2.05, 4.69) is 10.3 Å². The Morgan fingerprint density at radius 2 is 1.81 bits per heavy atom. The summed E-state index contributed by atoms with van der Waals surface area (Å²) in [5.74, 6) is -0.419. The summed E-state index contributed by atoms with van der Waals surface area (Å²) < 4.78 is 18.4. The fourth-order valence-electron chi connectivity index (χ4n) is 3.07. The maximum absolute atomic E-state index is 13.0. The van der Waals surface area contributed by atoms with Crippen LogP contribution >= 0.6 is 0 Å². The van der Waals surface area contributed by atoms with E-state index in [0.29, 0.717) is 22.7 Å². The maximum Gasteiger partial charge on any atom is 0.325 e. The van der Waals surface area contributed by atoms with E-state index in [-0.39, 0.29) is 18.3 Å². The number of rotatable bonds is 4. The highest BCUT2D eigenvalue weighted by Crippen LogP contribution is 2.30. The summed E-state index contributed by atoms with van der Waals surface area (Å²) in [6.07, 6.45) is 1.39. The molecule has 3 aromatic rings. The lowest BCUT2D eigenvalue weighted by Crippen LogP contribution is -2.40. The van der Waals surface area contributed by atoms with Crippen molar-refractivity contribution >= 4 is 11.9 Å². The first-order valence-corrected chi connectivity index (χ1v) is 8.37. The average molecular weight is 365 g/mol. The van der Waals surface area contributed by atoms with E-state index < -0.39 is 11.6 Å². The van der Waals surface area contributed by atoms with Gasteiger partial charge in [-0.05, 0) is 36.8 Å². The van der Waals surface area contributed by atoms with Crippen molar-refractivity contribution in [2.45, 2.75) is 19.0 Å². The largest absolute Gasteiger partial charge is 0.444 e. The van der Waals surface area contributed by atoms with Crippen LogP contribution in [0.25, 0.3) is 11.5 Å². The number of hydrogen-bond acceptors (Lipinski definition) is 4. The van der Waals surface area contributed by atoms with E-state index in [1.54, 1.807) is 31.2 Å². The van der Waals surface area contributed by atoms with Gasteiger partial charge in [0.2, 0.25) is 5.89 Å². The Hall–Kier alpha value is -3.48. The normalized spacial score (nSPS) is 19.4. The van der Waals surface area contributed by atoms with Crippen LogP contribution in [0.3, 0.4) is 0 Å². The summed E-state index contributed by atoms with van der Waals surface area (Å²) in [5, 5.41) is 2.75. The van der Waals surface area contributed by atoms with Gasteiger partial charge in [-0.1, -0.05) is 30.3 Å². The number of hydrogen-bond donors (Lipinski definition) is 1. The Kier molecular flexibility index (Phi) is 3.99. The van der Waals surface area contributed by atoms with Gasteiger partial charge in [0.15, 0.2) is 0 Å². The molecule has 0 aliphatic carbocycles. The van der Waals surface area contributed by atoms with E-state index >= 15 is 0 Å². The van der Waals surface area contributed by atoms with Crippen LogP contribution in [0.5, 0.6) is 0 Å². The molecule has 2 aromatic carbocycles. The van der Waals surface area contributed by atoms with Crippen molar-refractivity contribution in [1.82, 2.24) is 15.2 Å². The van der Waals surface area contributed by atoms with Crippen molar-refractivity contribution in [2.75, 3.05) is 0 Å². The minimum Gasteiger partial charge on any atom is -0.444 e. The van der Waals surface area contributed by atoms with Gasteiger partial charge in [-0.3, -0.25) is 9.69 Å². The lowest BCUT2D eigenvalue weighted by molar-refractivity contribution is -0.131. The Morgan fingerprint density at radius 1 is 1.11 bits per heavy atom. The Bertz CT molecular complexity index is 1000. The van der Waals surface area contributed by atoms with Gasteiger partial charge < -0.3 is 9.73 Å². The molecular weight excluding hydrogens is 349 g/mol. The van der Waals surface area contributed by atoms with Crippen molar-refractivity contribution in [3.8, 4) is 11.5 Å². The lowest BCUT2D eigenvalue weighted by Gasteiger charge is -2.21. The van der Waals surface area contributed by atoms with Crippen molar-refractivity contribution in [2.24, 2.45) is 0 Å². The summed E-state index contributed by atoms with van der Waals surface area (Å²) in [6.45, 7) is 1.66. The lowest BCUT2D eigenvalue weighted by atomic mass is 9.92. The highest BCUT2D eigenvalue weighted by molar-refractivity contribution is 6.07. The molecule has 136 valence electrons. The van der Waals surface area contributed by atoms with Gasteiger partial charge in [0.1, 0.15) is 17.6 Å². The van der Waals surface area contributed by atoms with Crippen LogP contribution in [0, 0.1) is 5.82 Å². The molecule has 4 rings (SSSR count). The second-order valence-corrected chi connectivity index (χ2v) is 6.46. The molecule has 0 spiro atoms. The molecule has 1 N–H and O–H groups in total. The fraction of sp³-hybridized carbons (Fsp3) is 0.150. The second kappa shape index (κ2) is 6.35. The van der Waals surface area contributed by atoms with Gasteiger partial charge in [-0.25, -0.2) is 14.2 Å². The predicted octanol–water partition coefficient (Wildman–Crippen LogP) is 3.45. The van der Waals surface area contributed by atoms with Crippen LogP contribution in [0.4, 0.5) is 9.18 Å². The topological polar surface area (TPSA) is 75.4 Å². The standard InChI is InChI=1S/C20H16FN3O3/c1-20(14-5-3-2-4-6-14)18(25)24(19(26)23-20)11-16-12-27-17(22-16)13-7-9-15(21)10-8-13/h2-10,12H,11H2,1H3,(H,23,26). The van der Waals surface area contributed by atoms with Crippen LogP contribution in [0.15, 0.2) is 65.3 Å². The number of nitrogens with one attached hydrogen (secondary N) is 1.